The molecule has 1 aliphatic rings. The van der Waals surface area contributed by atoms with E-state index in [4.69, 9.17) is 44.1 Å². The standard InChI is InChI=1S/C37H45N5O9/c1-36(2,3)51-32(44)16-17-37(35(45)39-23-29-30(47-5)20-27(46-4)21-31(29)48-6)33(28-11-8-7-10-25(28)22-40-42-38)50-34(41-37)24-12-14-26(15-13-24)49-19-9-18-43/h7-8,10-15,20-21,33,43H,9,16-19,22-23H2,1-6H3,(H,39,45)/t33-,37-/m1/s1. The molecule has 0 unspecified atom stereocenters. The van der Waals surface area contributed by atoms with Gasteiger partial charge in [0.05, 0.1) is 46.6 Å². The topological polar surface area (TPSA) is 183 Å². The molecule has 4 rings (SSSR count). The number of amides is 1. The van der Waals surface area contributed by atoms with Crippen LogP contribution in [0, 0.1) is 0 Å². The lowest BCUT2D eigenvalue weighted by atomic mass is 9.81. The van der Waals surface area contributed by atoms with Crippen molar-refractivity contribution in [3.63, 3.8) is 0 Å². The molecule has 1 heterocycles. The number of rotatable bonds is 17. The number of aliphatic hydroxyl groups excluding tert-OH is 1. The van der Waals surface area contributed by atoms with Crippen molar-refractivity contribution < 1.29 is 43.1 Å². The number of nitrogens with zero attached hydrogens (tertiary/aromatic N) is 4. The third-order valence-electron chi connectivity index (χ3n) is 8.04. The second kappa shape index (κ2) is 17.5. The van der Waals surface area contributed by atoms with Gasteiger partial charge in [0, 0.05) is 42.1 Å². The van der Waals surface area contributed by atoms with Crippen molar-refractivity contribution in [2.45, 2.75) is 70.4 Å². The Bertz CT molecular complexity index is 1720. The summed E-state index contributed by atoms with van der Waals surface area (Å²) in [5.74, 6) is 1.07. The Balaban J connectivity index is 1.83. The first kappa shape index (κ1) is 38.3. The Kier molecular flexibility index (Phi) is 13.1. The number of methoxy groups -OCH3 is 3. The highest BCUT2D eigenvalue weighted by molar-refractivity contribution is 6.01. The molecule has 3 aromatic rings. The summed E-state index contributed by atoms with van der Waals surface area (Å²) in [6.07, 6.45) is -0.804. The summed E-state index contributed by atoms with van der Waals surface area (Å²) in [7, 11) is 4.53. The first-order valence-electron chi connectivity index (χ1n) is 16.5. The van der Waals surface area contributed by atoms with Gasteiger partial charge in [0.25, 0.3) is 5.91 Å². The van der Waals surface area contributed by atoms with Gasteiger partial charge in [-0.1, -0.05) is 29.4 Å². The highest BCUT2D eigenvalue weighted by Gasteiger charge is 2.54. The van der Waals surface area contributed by atoms with Crippen LogP contribution in [0.3, 0.4) is 0 Å². The molecule has 0 saturated carbocycles. The highest BCUT2D eigenvalue weighted by Crippen LogP contribution is 2.45. The zero-order valence-corrected chi connectivity index (χ0v) is 29.8. The zero-order valence-electron chi connectivity index (χ0n) is 29.8. The van der Waals surface area contributed by atoms with E-state index in [1.807, 2.05) is 0 Å². The molecule has 3 aromatic carbocycles. The predicted octanol–water partition coefficient (Wildman–Crippen LogP) is 5.98. The summed E-state index contributed by atoms with van der Waals surface area (Å²) < 4.78 is 34.5. The Morgan fingerprint density at radius 2 is 1.71 bits per heavy atom. The third kappa shape index (κ3) is 9.62. The van der Waals surface area contributed by atoms with Crippen molar-refractivity contribution in [1.82, 2.24) is 5.32 Å². The molecule has 2 atom stereocenters. The number of benzene rings is 3. The predicted molar refractivity (Wildman–Crippen MR) is 189 cm³/mol. The maximum atomic E-state index is 14.8. The zero-order chi connectivity index (χ0) is 37.0. The molecule has 0 spiro atoms. The van der Waals surface area contributed by atoms with Crippen LogP contribution in [-0.4, -0.2) is 68.6 Å². The van der Waals surface area contributed by atoms with Crippen molar-refractivity contribution in [3.8, 4) is 23.0 Å². The molecule has 14 nitrogen and oxygen atoms in total. The minimum Gasteiger partial charge on any atom is -0.496 e. The number of hydrogen-bond donors (Lipinski definition) is 2. The van der Waals surface area contributed by atoms with Crippen molar-refractivity contribution >= 4 is 17.8 Å². The number of aliphatic hydroxyl groups is 1. The minimum absolute atomic E-state index is 0.00818. The van der Waals surface area contributed by atoms with E-state index in [-0.39, 0.29) is 38.4 Å². The summed E-state index contributed by atoms with van der Waals surface area (Å²) in [6.45, 7) is 5.62. The molecule has 0 saturated heterocycles. The van der Waals surface area contributed by atoms with E-state index in [0.717, 1.165) is 0 Å². The summed E-state index contributed by atoms with van der Waals surface area (Å²) in [5, 5.41) is 15.9. The lowest BCUT2D eigenvalue weighted by Crippen LogP contribution is -2.48. The highest BCUT2D eigenvalue weighted by atomic mass is 16.6. The molecule has 0 bridgehead atoms. The number of nitrogens with one attached hydrogen (secondary N) is 1. The SMILES string of the molecule is COc1cc(OC)c(CNC(=O)[C@]2(CCC(=O)OC(C)(C)C)N=C(c3ccc(OCCCO)cc3)O[C@@H]2c2ccccc2CN=[N+]=[N-])c(OC)c1. The maximum Gasteiger partial charge on any atom is 0.306 e. The largest absolute Gasteiger partial charge is 0.496 e. The van der Waals surface area contributed by atoms with Gasteiger partial charge in [-0.15, -0.1) is 0 Å². The smallest absolute Gasteiger partial charge is 0.306 e. The third-order valence-corrected chi connectivity index (χ3v) is 8.04. The fraction of sp³-hybridized carbons (Fsp3) is 0.432. The van der Waals surface area contributed by atoms with Crippen LogP contribution in [0.1, 0.15) is 68.4 Å². The summed E-state index contributed by atoms with van der Waals surface area (Å²) in [4.78, 5) is 35.8. The quantitative estimate of drug-likeness (QED) is 0.0562. The molecule has 14 heteroatoms. The molecule has 0 fully saturated rings. The Hall–Kier alpha value is -5.46. The molecule has 0 radical (unpaired) electrons. The summed E-state index contributed by atoms with van der Waals surface area (Å²) >= 11 is 0. The van der Waals surface area contributed by atoms with Crippen molar-refractivity contribution in [2.75, 3.05) is 34.5 Å². The van der Waals surface area contributed by atoms with Gasteiger partial charge < -0.3 is 38.8 Å². The van der Waals surface area contributed by atoms with Crippen LogP contribution in [0.4, 0.5) is 0 Å². The van der Waals surface area contributed by atoms with Crippen molar-refractivity contribution in [2.24, 2.45) is 10.1 Å². The van der Waals surface area contributed by atoms with Gasteiger partial charge in [0.15, 0.2) is 11.6 Å². The summed E-state index contributed by atoms with van der Waals surface area (Å²) in [6, 6.07) is 17.5. The Morgan fingerprint density at radius 1 is 1.02 bits per heavy atom. The second-order valence-corrected chi connectivity index (χ2v) is 12.7. The van der Waals surface area contributed by atoms with Crippen LogP contribution in [-0.2, 0) is 32.2 Å². The van der Waals surface area contributed by atoms with Gasteiger partial charge >= 0.3 is 5.97 Å². The second-order valence-electron chi connectivity index (χ2n) is 12.7. The molecule has 51 heavy (non-hydrogen) atoms. The molecule has 2 N–H and O–H groups in total. The lowest BCUT2D eigenvalue weighted by molar-refractivity contribution is -0.155. The molecular formula is C37H45N5O9. The first-order valence-corrected chi connectivity index (χ1v) is 16.5. The fourth-order valence-corrected chi connectivity index (χ4v) is 5.65. The minimum atomic E-state index is -1.69. The molecule has 1 amide bonds. The number of hydrogen-bond acceptors (Lipinski definition) is 11. The van der Waals surface area contributed by atoms with E-state index in [1.165, 1.54) is 21.3 Å². The van der Waals surface area contributed by atoms with E-state index in [2.05, 4.69) is 15.3 Å². The van der Waals surface area contributed by atoms with E-state index < -0.39 is 29.1 Å². The van der Waals surface area contributed by atoms with Crippen molar-refractivity contribution in [1.29, 1.82) is 0 Å². The van der Waals surface area contributed by atoms with Crippen LogP contribution in [0.15, 0.2) is 70.8 Å². The van der Waals surface area contributed by atoms with E-state index in [1.54, 1.807) is 81.4 Å². The van der Waals surface area contributed by atoms with Crippen LogP contribution < -0.4 is 24.3 Å². The molecule has 0 aromatic heterocycles. The maximum absolute atomic E-state index is 14.8. The number of carbonyl (C=O) groups is 2. The number of azide groups is 1. The molecule has 0 aliphatic carbocycles. The monoisotopic (exact) mass is 703 g/mol. The molecule has 1 aliphatic heterocycles. The number of aliphatic imine (C=N–C) groups is 1. The average molecular weight is 704 g/mol. The van der Waals surface area contributed by atoms with E-state index in [0.29, 0.717) is 58.3 Å². The van der Waals surface area contributed by atoms with Gasteiger partial charge in [-0.05, 0) is 68.1 Å². The molecular weight excluding hydrogens is 658 g/mol. The van der Waals surface area contributed by atoms with Crippen LogP contribution in [0.2, 0.25) is 0 Å². The lowest BCUT2D eigenvalue weighted by Gasteiger charge is -2.32. The van der Waals surface area contributed by atoms with Crippen LogP contribution in [0.5, 0.6) is 23.0 Å². The van der Waals surface area contributed by atoms with Gasteiger partial charge in [-0.2, -0.15) is 0 Å². The van der Waals surface area contributed by atoms with Gasteiger partial charge in [0.1, 0.15) is 28.6 Å². The van der Waals surface area contributed by atoms with Crippen molar-refractivity contribution in [3.05, 3.63) is 93.4 Å². The van der Waals surface area contributed by atoms with Gasteiger partial charge in [0.2, 0.25) is 5.90 Å². The van der Waals surface area contributed by atoms with Gasteiger partial charge in [-0.3, -0.25) is 9.59 Å². The Labute approximate surface area is 297 Å². The number of carbonyl (C=O) groups excluding carboxylic acids is 2. The summed E-state index contributed by atoms with van der Waals surface area (Å²) in [5.41, 5.74) is 8.98. The fourth-order valence-electron chi connectivity index (χ4n) is 5.65. The average Bonchev–Trinajstić information content (AvgIpc) is 3.52. The van der Waals surface area contributed by atoms with E-state index in [9.17, 15) is 9.59 Å². The molecule has 272 valence electrons. The van der Waals surface area contributed by atoms with Crippen LogP contribution in [0.25, 0.3) is 10.4 Å². The first-order chi connectivity index (χ1) is 24.5. The van der Waals surface area contributed by atoms with E-state index >= 15 is 0 Å². The number of ether oxygens (including phenoxy) is 6. The van der Waals surface area contributed by atoms with Crippen LogP contribution >= 0.6 is 0 Å². The normalized spacial score (nSPS) is 16.6. The van der Waals surface area contributed by atoms with Gasteiger partial charge in [-0.25, -0.2) is 4.99 Å². The Morgan fingerprint density at radius 3 is 2.31 bits per heavy atom. The number of esters is 1.